The highest BCUT2D eigenvalue weighted by atomic mass is 15.0. The standard InChI is InChI=1S/C11H12N2.C10H11N3.C9H10N4.9C2H6/c1-8(2)11-9-5-3-4-6-10(9)12-7-13-11;1-7(2)10-8-5-11-4-3-9(8)12-6-13-10;1-6(2)7-8-9(13-5-12-7)11-4-3-10-8;9*1-2/h3-8H,1-2H3;3-7H,1-2H3;3-6H,1-2H3;9*1-2H3. The zero-order valence-electron chi connectivity index (χ0n) is 41.2. The average molecular weight is 790 g/mol. The first-order valence-corrected chi connectivity index (χ1v) is 22.0. The molecule has 0 spiro atoms. The molecule has 0 N–H and O–H groups in total. The molecule has 0 aliphatic rings. The lowest BCUT2D eigenvalue weighted by atomic mass is 10.1. The van der Waals surface area contributed by atoms with Crippen LogP contribution < -0.4 is 0 Å². The van der Waals surface area contributed by atoms with Crippen LogP contribution in [-0.2, 0) is 0 Å². The Labute approximate surface area is 351 Å². The topological polar surface area (TPSA) is 116 Å². The van der Waals surface area contributed by atoms with Gasteiger partial charge in [-0.05, 0) is 29.9 Å². The molecule has 5 heterocycles. The number of pyridine rings is 1. The van der Waals surface area contributed by atoms with Gasteiger partial charge in [-0.15, -0.1) is 0 Å². The molecule has 9 nitrogen and oxygen atoms in total. The highest BCUT2D eigenvalue weighted by Crippen LogP contribution is 2.21. The highest BCUT2D eigenvalue weighted by molar-refractivity contribution is 5.81. The van der Waals surface area contributed by atoms with E-state index in [1.807, 2.05) is 155 Å². The molecule has 9 heteroatoms. The summed E-state index contributed by atoms with van der Waals surface area (Å²) < 4.78 is 0. The lowest BCUT2D eigenvalue weighted by Gasteiger charge is -2.06. The van der Waals surface area contributed by atoms with E-state index in [9.17, 15) is 0 Å². The summed E-state index contributed by atoms with van der Waals surface area (Å²) in [4.78, 5) is 37.6. The zero-order chi connectivity index (χ0) is 45.8. The smallest absolute Gasteiger partial charge is 0.181 e. The maximum absolute atomic E-state index is 4.30. The van der Waals surface area contributed by atoms with Gasteiger partial charge in [0, 0.05) is 35.6 Å². The molecule has 0 atom stereocenters. The van der Waals surface area contributed by atoms with Crippen LogP contribution in [0.1, 0.15) is 201 Å². The van der Waals surface area contributed by atoms with E-state index in [1.165, 1.54) is 11.7 Å². The Morgan fingerprint density at radius 1 is 0.351 bits per heavy atom. The molecule has 324 valence electrons. The van der Waals surface area contributed by atoms with Gasteiger partial charge in [-0.25, -0.2) is 39.9 Å². The van der Waals surface area contributed by atoms with Crippen molar-refractivity contribution in [2.45, 2.75) is 184 Å². The second-order valence-corrected chi connectivity index (χ2v) is 9.88. The van der Waals surface area contributed by atoms with Crippen molar-refractivity contribution in [2.75, 3.05) is 0 Å². The van der Waals surface area contributed by atoms with Crippen LogP contribution in [0.2, 0.25) is 0 Å². The van der Waals surface area contributed by atoms with Gasteiger partial charge >= 0.3 is 0 Å². The van der Waals surface area contributed by atoms with Crippen molar-refractivity contribution in [3.63, 3.8) is 0 Å². The van der Waals surface area contributed by atoms with Gasteiger partial charge < -0.3 is 0 Å². The minimum Gasteiger partial charge on any atom is -0.264 e. The Balaban J connectivity index is -0.000000143. The zero-order valence-corrected chi connectivity index (χ0v) is 41.2. The number of rotatable bonds is 3. The molecular weight excluding hydrogens is 703 g/mol. The van der Waals surface area contributed by atoms with Crippen molar-refractivity contribution in [3.8, 4) is 0 Å². The molecule has 0 saturated heterocycles. The Hall–Kier alpha value is -4.53. The van der Waals surface area contributed by atoms with Crippen LogP contribution in [0.3, 0.4) is 0 Å². The van der Waals surface area contributed by atoms with Gasteiger partial charge in [0.25, 0.3) is 0 Å². The molecule has 0 amide bonds. The summed E-state index contributed by atoms with van der Waals surface area (Å²) in [5.74, 6) is 1.21. The van der Waals surface area contributed by atoms with Gasteiger partial charge in [0.05, 0.1) is 28.1 Å². The first kappa shape index (κ1) is 64.4. The minimum absolute atomic E-state index is 0.349. The summed E-state index contributed by atoms with van der Waals surface area (Å²) in [7, 11) is 0. The Bertz CT molecular complexity index is 1460. The molecule has 1 aromatic carbocycles. The summed E-state index contributed by atoms with van der Waals surface area (Å²) >= 11 is 0. The van der Waals surface area contributed by atoms with Crippen molar-refractivity contribution in [1.29, 1.82) is 0 Å². The Kier molecular flexibility index (Phi) is 53.8. The summed E-state index contributed by atoms with van der Waals surface area (Å²) in [5.41, 5.74) is 6.62. The molecule has 0 radical (unpaired) electrons. The van der Waals surface area contributed by atoms with Crippen LogP contribution in [0.15, 0.2) is 74.1 Å². The Morgan fingerprint density at radius 2 is 0.737 bits per heavy atom. The molecule has 6 rings (SSSR count). The van der Waals surface area contributed by atoms with Crippen LogP contribution in [-0.4, -0.2) is 44.9 Å². The second kappa shape index (κ2) is 47.6. The average Bonchev–Trinajstić information content (AvgIpc) is 3.32. The molecule has 0 unspecified atom stereocenters. The maximum Gasteiger partial charge on any atom is 0.181 e. The number of aromatic nitrogens is 9. The number of benzene rings is 1. The predicted molar refractivity (Wildman–Crippen MR) is 256 cm³/mol. The summed E-state index contributed by atoms with van der Waals surface area (Å²) in [5, 5.41) is 2.22. The minimum atomic E-state index is 0.349. The van der Waals surface area contributed by atoms with E-state index in [2.05, 4.69) is 92.5 Å². The predicted octanol–water partition coefficient (Wildman–Crippen LogP) is 15.7. The second-order valence-electron chi connectivity index (χ2n) is 9.88. The lowest BCUT2D eigenvalue weighted by Crippen LogP contribution is -1.98. The number of hydrogen-bond acceptors (Lipinski definition) is 9. The SMILES string of the molecule is CC.CC.CC.CC.CC.CC.CC.CC.CC.CC(C)c1ncnc2ccccc12.CC(C)c1ncnc2ccncc12.CC(C)c1ncnc2nccnc12. The van der Waals surface area contributed by atoms with E-state index in [4.69, 9.17) is 0 Å². The van der Waals surface area contributed by atoms with E-state index >= 15 is 0 Å². The third kappa shape index (κ3) is 25.4. The fraction of sp³-hybridized carbons (Fsp3) is 0.562. The molecule has 0 aliphatic heterocycles. The van der Waals surface area contributed by atoms with Gasteiger partial charge in [0.15, 0.2) is 5.65 Å². The fourth-order valence-corrected chi connectivity index (χ4v) is 4.10. The van der Waals surface area contributed by atoms with Crippen LogP contribution in [0.25, 0.3) is 33.0 Å². The van der Waals surface area contributed by atoms with E-state index in [0.717, 1.165) is 39.0 Å². The third-order valence-corrected chi connectivity index (χ3v) is 5.98. The molecular formula is C48H87N9. The first-order valence-electron chi connectivity index (χ1n) is 22.0. The normalized spacial score (nSPS) is 8.47. The van der Waals surface area contributed by atoms with E-state index < -0.39 is 0 Å². The van der Waals surface area contributed by atoms with Crippen LogP contribution in [0.5, 0.6) is 0 Å². The van der Waals surface area contributed by atoms with E-state index in [-0.39, 0.29) is 0 Å². The number of nitrogens with zero attached hydrogens (tertiary/aromatic N) is 9. The molecule has 6 aromatic rings. The highest BCUT2D eigenvalue weighted by Gasteiger charge is 2.09. The third-order valence-electron chi connectivity index (χ3n) is 5.98. The summed E-state index contributed by atoms with van der Waals surface area (Å²) in [6.07, 6.45) is 11.7. The lowest BCUT2D eigenvalue weighted by molar-refractivity contribution is 0.822. The monoisotopic (exact) mass is 790 g/mol. The van der Waals surface area contributed by atoms with E-state index in [0.29, 0.717) is 23.4 Å². The van der Waals surface area contributed by atoms with Crippen LogP contribution >= 0.6 is 0 Å². The summed E-state index contributed by atoms with van der Waals surface area (Å²) in [6, 6.07) is 10.0. The quantitative estimate of drug-likeness (QED) is 0.173. The fourth-order valence-electron chi connectivity index (χ4n) is 4.10. The van der Waals surface area contributed by atoms with Gasteiger partial charge in [-0.2, -0.15) is 0 Å². The van der Waals surface area contributed by atoms with Crippen molar-refractivity contribution in [3.05, 3.63) is 91.2 Å². The van der Waals surface area contributed by atoms with Gasteiger partial charge in [0.1, 0.15) is 24.5 Å². The first-order chi connectivity index (χ1) is 27.9. The molecule has 0 aliphatic carbocycles. The number of para-hydroxylation sites is 1. The number of fused-ring (bicyclic) bond motifs is 3. The van der Waals surface area contributed by atoms with Crippen molar-refractivity contribution in [1.82, 2.24) is 44.9 Å². The van der Waals surface area contributed by atoms with E-state index in [1.54, 1.807) is 31.2 Å². The maximum atomic E-state index is 4.30. The molecule has 5 aromatic heterocycles. The van der Waals surface area contributed by atoms with Gasteiger partial charge in [0.2, 0.25) is 0 Å². The van der Waals surface area contributed by atoms with Crippen molar-refractivity contribution < 1.29 is 0 Å². The van der Waals surface area contributed by atoms with Crippen molar-refractivity contribution in [2.24, 2.45) is 0 Å². The summed E-state index contributed by atoms with van der Waals surface area (Å²) in [6.45, 7) is 48.7. The van der Waals surface area contributed by atoms with Crippen LogP contribution in [0, 0.1) is 0 Å². The molecule has 0 bridgehead atoms. The van der Waals surface area contributed by atoms with Gasteiger partial charge in [-0.3, -0.25) is 4.98 Å². The molecule has 0 fully saturated rings. The van der Waals surface area contributed by atoms with Crippen LogP contribution in [0.4, 0.5) is 0 Å². The largest absolute Gasteiger partial charge is 0.264 e. The number of hydrogen-bond donors (Lipinski definition) is 0. The molecule has 0 saturated carbocycles. The van der Waals surface area contributed by atoms with Crippen molar-refractivity contribution >= 4 is 33.0 Å². The Morgan fingerprint density at radius 3 is 1.21 bits per heavy atom. The molecule has 57 heavy (non-hydrogen) atoms. The van der Waals surface area contributed by atoms with Gasteiger partial charge in [-0.1, -0.05) is 184 Å².